The molecule has 6 heteroatoms. The predicted octanol–water partition coefficient (Wildman–Crippen LogP) is 0.687. The molecule has 0 bridgehead atoms. The van der Waals surface area contributed by atoms with Gasteiger partial charge in [-0.15, -0.1) is 0 Å². The van der Waals surface area contributed by atoms with Crippen LogP contribution in [0.5, 0.6) is 0 Å². The molecule has 1 heterocycles. The zero-order chi connectivity index (χ0) is 15.4. The van der Waals surface area contributed by atoms with E-state index in [2.05, 4.69) is 5.32 Å². The van der Waals surface area contributed by atoms with Crippen LogP contribution in [-0.2, 0) is 4.79 Å². The fourth-order valence-corrected chi connectivity index (χ4v) is 2.45. The van der Waals surface area contributed by atoms with Gasteiger partial charge in [-0.1, -0.05) is 0 Å². The van der Waals surface area contributed by atoms with Crippen molar-refractivity contribution in [2.45, 2.75) is 12.8 Å². The highest BCUT2D eigenvalue weighted by Crippen LogP contribution is 2.21. The third-order valence-corrected chi connectivity index (χ3v) is 3.61. The average Bonchev–Trinajstić information content (AvgIpc) is 2.98. The number of amides is 2. The molecule has 0 radical (unpaired) electrons. The summed E-state index contributed by atoms with van der Waals surface area (Å²) in [4.78, 5) is 27.8. The Balaban J connectivity index is 2.02. The van der Waals surface area contributed by atoms with E-state index in [-0.39, 0.29) is 18.4 Å². The van der Waals surface area contributed by atoms with Crippen molar-refractivity contribution in [3.05, 3.63) is 23.8 Å². The van der Waals surface area contributed by atoms with Gasteiger partial charge in [0, 0.05) is 38.6 Å². The number of nitrogen functional groups attached to an aromatic ring is 1. The molecule has 1 fully saturated rings. The van der Waals surface area contributed by atoms with Gasteiger partial charge in [0.2, 0.25) is 5.91 Å². The Kier molecular flexibility index (Phi) is 4.67. The van der Waals surface area contributed by atoms with Crippen molar-refractivity contribution in [1.82, 2.24) is 10.2 Å². The molecular formula is C15H22N4O2. The SMILES string of the molecule is CN(C)c1ccc(N)cc1C(=O)NCC(=O)N1CCCC1. The van der Waals surface area contributed by atoms with Crippen LogP contribution in [-0.4, -0.2) is 50.4 Å². The lowest BCUT2D eigenvalue weighted by Crippen LogP contribution is -2.39. The molecule has 0 spiro atoms. The van der Waals surface area contributed by atoms with Crippen LogP contribution >= 0.6 is 0 Å². The number of rotatable bonds is 4. The van der Waals surface area contributed by atoms with Crippen LogP contribution in [0.4, 0.5) is 11.4 Å². The molecule has 2 rings (SSSR count). The minimum absolute atomic E-state index is 0.0283. The average molecular weight is 290 g/mol. The lowest BCUT2D eigenvalue weighted by molar-refractivity contribution is -0.129. The number of nitrogens with two attached hydrogens (primary N) is 1. The lowest BCUT2D eigenvalue weighted by Gasteiger charge is -2.19. The van der Waals surface area contributed by atoms with Gasteiger partial charge in [0.15, 0.2) is 0 Å². The molecule has 1 aromatic rings. The van der Waals surface area contributed by atoms with Gasteiger partial charge in [-0.2, -0.15) is 0 Å². The van der Waals surface area contributed by atoms with Gasteiger partial charge in [-0.25, -0.2) is 0 Å². The quantitative estimate of drug-likeness (QED) is 0.800. The van der Waals surface area contributed by atoms with Crippen LogP contribution in [0, 0.1) is 0 Å². The molecule has 6 nitrogen and oxygen atoms in total. The minimum Gasteiger partial charge on any atom is -0.399 e. The molecular weight excluding hydrogens is 268 g/mol. The Bertz CT molecular complexity index is 536. The fraction of sp³-hybridized carbons (Fsp3) is 0.467. The second kappa shape index (κ2) is 6.47. The highest BCUT2D eigenvalue weighted by molar-refractivity contribution is 6.02. The number of benzene rings is 1. The van der Waals surface area contributed by atoms with Crippen molar-refractivity contribution in [3.63, 3.8) is 0 Å². The largest absolute Gasteiger partial charge is 0.399 e. The van der Waals surface area contributed by atoms with Gasteiger partial charge >= 0.3 is 0 Å². The minimum atomic E-state index is -0.279. The molecule has 3 N–H and O–H groups in total. The normalized spacial score (nSPS) is 14.1. The van der Waals surface area contributed by atoms with E-state index < -0.39 is 0 Å². The van der Waals surface area contributed by atoms with E-state index in [1.165, 1.54) is 0 Å². The summed E-state index contributed by atoms with van der Waals surface area (Å²) in [6.45, 7) is 1.60. The highest BCUT2D eigenvalue weighted by atomic mass is 16.2. The standard InChI is InChI=1S/C15H22N4O2/c1-18(2)13-6-5-11(16)9-12(13)15(21)17-10-14(20)19-7-3-4-8-19/h5-6,9H,3-4,7-8,10,16H2,1-2H3,(H,17,21). The second-order valence-electron chi connectivity index (χ2n) is 5.44. The second-order valence-corrected chi connectivity index (χ2v) is 5.44. The van der Waals surface area contributed by atoms with Crippen LogP contribution in [0.1, 0.15) is 23.2 Å². The van der Waals surface area contributed by atoms with E-state index in [1.54, 1.807) is 23.1 Å². The van der Waals surface area contributed by atoms with Crippen molar-refractivity contribution in [2.75, 3.05) is 44.4 Å². The molecule has 0 unspecified atom stereocenters. The Morgan fingerprint density at radius 3 is 2.57 bits per heavy atom. The maximum atomic E-state index is 12.3. The van der Waals surface area contributed by atoms with E-state index in [9.17, 15) is 9.59 Å². The number of carbonyl (C=O) groups is 2. The molecule has 0 aromatic heterocycles. The van der Waals surface area contributed by atoms with Crippen molar-refractivity contribution < 1.29 is 9.59 Å². The molecule has 1 aromatic carbocycles. The van der Waals surface area contributed by atoms with Crippen molar-refractivity contribution >= 4 is 23.2 Å². The van der Waals surface area contributed by atoms with Crippen LogP contribution in [0.3, 0.4) is 0 Å². The third kappa shape index (κ3) is 3.65. The Labute approximate surface area is 124 Å². The molecule has 1 aliphatic heterocycles. The fourth-order valence-electron chi connectivity index (χ4n) is 2.45. The van der Waals surface area contributed by atoms with Gasteiger partial charge in [0.1, 0.15) is 0 Å². The summed E-state index contributed by atoms with van der Waals surface area (Å²) in [6, 6.07) is 5.18. The predicted molar refractivity (Wildman–Crippen MR) is 83.3 cm³/mol. The van der Waals surface area contributed by atoms with Gasteiger partial charge in [0.25, 0.3) is 5.91 Å². The molecule has 0 saturated carbocycles. The summed E-state index contributed by atoms with van der Waals surface area (Å²) in [7, 11) is 3.72. The first kappa shape index (κ1) is 15.2. The number of likely N-dealkylation sites (tertiary alicyclic amines) is 1. The monoisotopic (exact) mass is 290 g/mol. The lowest BCUT2D eigenvalue weighted by atomic mass is 10.1. The first-order valence-electron chi connectivity index (χ1n) is 7.12. The van der Waals surface area contributed by atoms with Crippen LogP contribution in [0.25, 0.3) is 0 Å². The van der Waals surface area contributed by atoms with E-state index in [1.807, 2.05) is 19.0 Å². The molecule has 0 atom stereocenters. The summed E-state index contributed by atoms with van der Waals surface area (Å²) in [6.07, 6.45) is 2.08. The van der Waals surface area contributed by atoms with Crippen LogP contribution < -0.4 is 16.0 Å². The molecule has 114 valence electrons. The first-order chi connectivity index (χ1) is 9.99. The summed E-state index contributed by atoms with van der Waals surface area (Å²) >= 11 is 0. The molecule has 2 amide bonds. The number of hydrogen-bond donors (Lipinski definition) is 2. The summed E-state index contributed by atoms with van der Waals surface area (Å²) in [5.74, 6) is -0.310. The molecule has 21 heavy (non-hydrogen) atoms. The number of carbonyl (C=O) groups excluding carboxylic acids is 2. The van der Waals surface area contributed by atoms with Gasteiger partial charge < -0.3 is 20.9 Å². The van der Waals surface area contributed by atoms with Gasteiger partial charge in [-0.3, -0.25) is 9.59 Å². The Hall–Kier alpha value is -2.24. The Morgan fingerprint density at radius 2 is 1.95 bits per heavy atom. The first-order valence-corrected chi connectivity index (χ1v) is 7.12. The highest BCUT2D eigenvalue weighted by Gasteiger charge is 2.19. The number of nitrogens with one attached hydrogen (secondary N) is 1. The van der Waals surface area contributed by atoms with Crippen LogP contribution in [0.2, 0.25) is 0 Å². The van der Waals surface area contributed by atoms with Crippen LogP contribution in [0.15, 0.2) is 18.2 Å². The van der Waals surface area contributed by atoms with Crippen molar-refractivity contribution in [3.8, 4) is 0 Å². The van der Waals surface area contributed by atoms with E-state index in [0.29, 0.717) is 11.3 Å². The summed E-state index contributed by atoms with van der Waals surface area (Å²) in [5.41, 5.74) is 7.53. The number of anilines is 2. The summed E-state index contributed by atoms with van der Waals surface area (Å²) in [5, 5.41) is 2.69. The zero-order valence-corrected chi connectivity index (χ0v) is 12.6. The topological polar surface area (TPSA) is 78.7 Å². The smallest absolute Gasteiger partial charge is 0.253 e. The maximum Gasteiger partial charge on any atom is 0.253 e. The van der Waals surface area contributed by atoms with E-state index in [0.717, 1.165) is 31.6 Å². The molecule has 0 aliphatic carbocycles. The van der Waals surface area contributed by atoms with Crippen molar-refractivity contribution in [2.24, 2.45) is 0 Å². The molecule has 1 saturated heterocycles. The van der Waals surface area contributed by atoms with Gasteiger partial charge in [0.05, 0.1) is 12.1 Å². The maximum absolute atomic E-state index is 12.3. The zero-order valence-electron chi connectivity index (χ0n) is 12.6. The third-order valence-electron chi connectivity index (χ3n) is 3.61. The molecule has 1 aliphatic rings. The van der Waals surface area contributed by atoms with E-state index in [4.69, 9.17) is 5.73 Å². The number of hydrogen-bond acceptors (Lipinski definition) is 4. The van der Waals surface area contributed by atoms with Gasteiger partial charge in [-0.05, 0) is 31.0 Å². The van der Waals surface area contributed by atoms with Crippen molar-refractivity contribution in [1.29, 1.82) is 0 Å². The summed E-state index contributed by atoms with van der Waals surface area (Å²) < 4.78 is 0. The van der Waals surface area contributed by atoms with E-state index >= 15 is 0 Å². The Morgan fingerprint density at radius 1 is 1.29 bits per heavy atom. The number of nitrogens with zero attached hydrogens (tertiary/aromatic N) is 2.